The average Bonchev–Trinajstić information content (AvgIpc) is 2.97. The zero-order chi connectivity index (χ0) is 15.5. The Hall–Kier alpha value is -2.00. The number of rotatable bonds is 3. The average molecular weight is 331 g/mol. The van der Waals surface area contributed by atoms with Crippen LogP contribution in [-0.4, -0.2) is 23.4 Å². The highest BCUT2D eigenvalue weighted by Gasteiger charge is 2.29. The number of nitrogens with two attached hydrogens (primary N) is 1. The predicted octanol–water partition coefficient (Wildman–Crippen LogP) is 3.85. The Morgan fingerprint density at radius 2 is 1.96 bits per heavy atom. The van der Waals surface area contributed by atoms with Crippen LogP contribution in [-0.2, 0) is 6.42 Å². The minimum absolute atomic E-state index is 0. The summed E-state index contributed by atoms with van der Waals surface area (Å²) in [6, 6.07) is 16.1. The topological polar surface area (TPSA) is 46.3 Å². The van der Waals surface area contributed by atoms with Gasteiger partial charge in [0.15, 0.2) is 0 Å². The van der Waals surface area contributed by atoms with Gasteiger partial charge in [-0.3, -0.25) is 4.79 Å². The van der Waals surface area contributed by atoms with Gasteiger partial charge in [-0.1, -0.05) is 35.9 Å². The molecule has 2 N–H and O–H groups in total. The largest absolute Gasteiger partial charge is 0.399 e. The first-order chi connectivity index (χ1) is 10.6. The van der Waals surface area contributed by atoms with Crippen LogP contribution in [0, 0.1) is 6.92 Å². The Bertz CT molecular complexity index is 669. The summed E-state index contributed by atoms with van der Waals surface area (Å²) >= 11 is 0. The molecule has 1 atom stereocenters. The molecule has 0 aliphatic carbocycles. The van der Waals surface area contributed by atoms with Gasteiger partial charge in [0, 0.05) is 23.8 Å². The highest BCUT2D eigenvalue weighted by Crippen LogP contribution is 2.24. The molecule has 3 rings (SSSR count). The van der Waals surface area contributed by atoms with Gasteiger partial charge in [0.2, 0.25) is 0 Å². The second-order valence-electron chi connectivity index (χ2n) is 6.11. The van der Waals surface area contributed by atoms with E-state index in [9.17, 15) is 4.79 Å². The summed E-state index contributed by atoms with van der Waals surface area (Å²) in [6.07, 6.45) is 3.07. The lowest BCUT2D eigenvalue weighted by Crippen LogP contribution is -2.36. The van der Waals surface area contributed by atoms with Gasteiger partial charge in [-0.2, -0.15) is 0 Å². The second-order valence-corrected chi connectivity index (χ2v) is 6.11. The summed E-state index contributed by atoms with van der Waals surface area (Å²) in [6.45, 7) is 2.93. The number of nitrogen functional groups attached to an aromatic ring is 1. The SMILES string of the molecule is Cc1ccc(CC2CCCN2C(=O)c2cccc(N)c2)cc1.Cl. The van der Waals surface area contributed by atoms with Gasteiger partial charge >= 0.3 is 0 Å². The van der Waals surface area contributed by atoms with E-state index in [0.29, 0.717) is 11.3 Å². The molecule has 3 nitrogen and oxygen atoms in total. The third-order valence-corrected chi connectivity index (χ3v) is 4.36. The van der Waals surface area contributed by atoms with Crippen molar-refractivity contribution in [3.05, 3.63) is 65.2 Å². The van der Waals surface area contributed by atoms with E-state index < -0.39 is 0 Å². The molecule has 1 aliphatic rings. The summed E-state index contributed by atoms with van der Waals surface area (Å²) in [4.78, 5) is 14.7. The van der Waals surface area contributed by atoms with E-state index in [-0.39, 0.29) is 24.4 Å². The van der Waals surface area contributed by atoms with Crippen molar-refractivity contribution >= 4 is 24.0 Å². The van der Waals surface area contributed by atoms with Crippen molar-refractivity contribution < 1.29 is 4.79 Å². The van der Waals surface area contributed by atoms with Crippen LogP contribution >= 0.6 is 12.4 Å². The molecular formula is C19H23ClN2O. The lowest BCUT2D eigenvalue weighted by atomic mass is 10.0. The summed E-state index contributed by atoms with van der Waals surface area (Å²) in [5.41, 5.74) is 9.69. The molecule has 0 aromatic heterocycles. The first kappa shape index (κ1) is 17.4. The molecule has 23 heavy (non-hydrogen) atoms. The number of hydrogen-bond acceptors (Lipinski definition) is 2. The Labute approximate surface area is 143 Å². The number of amides is 1. The van der Waals surface area contributed by atoms with Crippen molar-refractivity contribution in [2.75, 3.05) is 12.3 Å². The van der Waals surface area contributed by atoms with E-state index in [1.165, 1.54) is 11.1 Å². The molecule has 2 aromatic carbocycles. The fraction of sp³-hybridized carbons (Fsp3) is 0.316. The van der Waals surface area contributed by atoms with Crippen LogP contribution in [0.25, 0.3) is 0 Å². The third-order valence-electron chi connectivity index (χ3n) is 4.36. The number of aryl methyl sites for hydroxylation is 1. The minimum Gasteiger partial charge on any atom is -0.399 e. The smallest absolute Gasteiger partial charge is 0.254 e. The van der Waals surface area contributed by atoms with Crippen molar-refractivity contribution in [1.29, 1.82) is 0 Å². The number of carbonyl (C=O) groups is 1. The molecule has 1 saturated heterocycles. The maximum Gasteiger partial charge on any atom is 0.254 e. The lowest BCUT2D eigenvalue weighted by Gasteiger charge is -2.25. The third kappa shape index (κ3) is 4.05. The minimum atomic E-state index is 0. The number of halogens is 1. The Morgan fingerprint density at radius 3 is 2.65 bits per heavy atom. The Balaban J connectivity index is 0.00000192. The van der Waals surface area contributed by atoms with E-state index in [4.69, 9.17) is 5.73 Å². The van der Waals surface area contributed by atoms with Gasteiger partial charge in [0.1, 0.15) is 0 Å². The molecule has 2 aromatic rings. The van der Waals surface area contributed by atoms with Gasteiger partial charge in [0.25, 0.3) is 5.91 Å². The molecule has 0 radical (unpaired) electrons. The van der Waals surface area contributed by atoms with E-state index in [0.717, 1.165) is 25.8 Å². The van der Waals surface area contributed by atoms with Gasteiger partial charge < -0.3 is 10.6 Å². The Morgan fingerprint density at radius 1 is 1.22 bits per heavy atom. The van der Waals surface area contributed by atoms with Crippen molar-refractivity contribution in [2.45, 2.75) is 32.2 Å². The van der Waals surface area contributed by atoms with E-state index in [1.807, 2.05) is 23.1 Å². The fourth-order valence-corrected chi connectivity index (χ4v) is 3.15. The van der Waals surface area contributed by atoms with Crippen LogP contribution in [0.1, 0.15) is 34.3 Å². The van der Waals surface area contributed by atoms with Crippen LogP contribution in [0.3, 0.4) is 0 Å². The maximum absolute atomic E-state index is 12.7. The normalized spacial score (nSPS) is 16.9. The molecule has 0 bridgehead atoms. The van der Waals surface area contributed by atoms with Gasteiger partial charge in [-0.05, 0) is 49.9 Å². The quantitative estimate of drug-likeness (QED) is 0.869. The number of hydrogen-bond donors (Lipinski definition) is 1. The highest BCUT2D eigenvalue weighted by atomic mass is 35.5. The standard InChI is InChI=1S/C19H22N2O.ClH/c1-14-7-9-15(10-8-14)12-18-6-3-11-21(18)19(22)16-4-2-5-17(20)13-16;/h2,4-5,7-10,13,18H,3,6,11-12,20H2,1H3;1H. The molecule has 4 heteroatoms. The lowest BCUT2D eigenvalue weighted by molar-refractivity contribution is 0.0736. The van der Waals surface area contributed by atoms with Crippen LogP contribution < -0.4 is 5.73 Å². The zero-order valence-corrected chi connectivity index (χ0v) is 14.2. The van der Waals surface area contributed by atoms with E-state index >= 15 is 0 Å². The van der Waals surface area contributed by atoms with E-state index in [1.54, 1.807) is 6.07 Å². The molecule has 1 aliphatic heterocycles. The van der Waals surface area contributed by atoms with Crippen LogP contribution in [0.5, 0.6) is 0 Å². The van der Waals surface area contributed by atoms with Crippen molar-refractivity contribution in [3.8, 4) is 0 Å². The molecule has 1 unspecified atom stereocenters. The molecule has 1 heterocycles. The fourth-order valence-electron chi connectivity index (χ4n) is 3.15. The number of nitrogens with zero attached hydrogens (tertiary/aromatic N) is 1. The van der Waals surface area contributed by atoms with Crippen molar-refractivity contribution in [1.82, 2.24) is 4.90 Å². The number of benzene rings is 2. The number of anilines is 1. The van der Waals surface area contributed by atoms with Crippen LogP contribution in [0.4, 0.5) is 5.69 Å². The first-order valence-corrected chi connectivity index (χ1v) is 7.85. The van der Waals surface area contributed by atoms with Gasteiger partial charge in [-0.15, -0.1) is 12.4 Å². The first-order valence-electron chi connectivity index (χ1n) is 7.85. The van der Waals surface area contributed by atoms with Crippen LogP contribution in [0.15, 0.2) is 48.5 Å². The summed E-state index contributed by atoms with van der Waals surface area (Å²) < 4.78 is 0. The maximum atomic E-state index is 12.7. The Kier molecular flexibility index (Phi) is 5.67. The van der Waals surface area contributed by atoms with E-state index in [2.05, 4.69) is 31.2 Å². The molecule has 1 fully saturated rings. The molecule has 122 valence electrons. The van der Waals surface area contributed by atoms with Gasteiger partial charge in [0.05, 0.1) is 0 Å². The second kappa shape index (κ2) is 7.51. The molecule has 0 saturated carbocycles. The summed E-state index contributed by atoms with van der Waals surface area (Å²) in [7, 11) is 0. The van der Waals surface area contributed by atoms with Crippen LogP contribution in [0.2, 0.25) is 0 Å². The summed E-state index contributed by atoms with van der Waals surface area (Å²) in [5.74, 6) is 0.0990. The molecule has 0 spiro atoms. The van der Waals surface area contributed by atoms with Gasteiger partial charge in [-0.25, -0.2) is 0 Å². The molecule has 1 amide bonds. The van der Waals surface area contributed by atoms with Crippen molar-refractivity contribution in [3.63, 3.8) is 0 Å². The molecular weight excluding hydrogens is 308 g/mol. The number of likely N-dealkylation sites (tertiary alicyclic amines) is 1. The number of carbonyl (C=O) groups excluding carboxylic acids is 1. The summed E-state index contributed by atoms with van der Waals surface area (Å²) in [5, 5.41) is 0. The van der Waals surface area contributed by atoms with Crippen molar-refractivity contribution in [2.24, 2.45) is 0 Å². The predicted molar refractivity (Wildman–Crippen MR) is 97.0 cm³/mol. The zero-order valence-electron chi connectivity index (χ0n) is 13.4. The highest BCUT2D eigenvalue weighted by molar-refractivity contribution is 5.95. The monoisotopic (exact) mass is 330 g/mol.